The van der Waals surface area contributed by atoms with Crippen molar-refractivity contribution < 1.29 is 5.11 Å². The Hall–Kier alpha value is -0.0800. The van der Waals surface area contributed by atoms with E-state index in [0.29, 0.717) is 5.92 Å². The van der Waals surface area contributed by atoms with Gasteiger partial charge < -0.3 is 10.8 Å². The fourth-order valence-corrected chi connectivity index (χ4v) is 4.07. The van der Waals surface area contributed by atoms with Crippen LogP contribution in [0.4, 0.5) is 0 Å². The summed E-state index contributed by atoms with van der Waals surface area (Å²) in [6.45, 7) is 2.27. The fraction of sp³-hybridized carbons (Fsp3) is 1.00. The van der Waals surface area contributed by atoms with Crippen LogP contribution in [0, 0.1) is 11.8 Å². The summed E-state index contributed by atoms with van der Waals surface area (Å²) in [4.78, 5) is 0. The van der Waals surface area contributed by atoms with E-state index in [1.54, 1.807) is 0 Å². The molecule has 0 aromatic heterocycles. The van der Waals surface area contributed by atoms with Crippen LogP contribution in [0.15, 0.2) is 0 Å². The normalized spacial score (nSPS) is 45.6. The van der Waals surface area contributed by atoms with Crippen LogP contribution >= 0.6 is 0 Å². The summed E-state index contributed by atoms with van der Waals surface area (Å²) in [5.74, 6) is 1.27. The Morgan fingerprint density at radius 2 is 1.94 bits per heavy atom. The van der Waals surface area contributed by atoms with Crippen LogP contribution < -0.4 is 5.73 Å². The predicted octanol–water partition coefficient (Wildman–Crippen LogP) is 2.84. The van der Waals surface area contributed by atoms with Gasteiger partial charge in [0.2, 0.25) is 0 Å². The number of rotatable bonds is 2. The third-order valence-electron chi connectivity index (χ3n) is 4.92. The van der Waals surface area contributed by atoms with E-state index in [0.717, 1.165) is 31.6 Å². The Morgan fingerprint density at radius 1 is 1.19 bits per heavy atom. The van der Waals surface area contributed by atoms with E-state index in [1.165, 1.54) is 32.1 Å². The Kier molecular flexibility index (Phi) is 3.91. The van der Waals surface area contributed by atoms with Gasteiger partial charge in [-0.3, -0.25) is 0 Å². The van der Waals surface area contributed by atoms with Crippen molar-refractivity contribution in [1.29, 1.82) is 0 Å². The van der Waals surface area contributed by atoms with Gasteiger partial charge >= 0.3 is 0 Å². The molecule has 2 aliphatic carbocycles. The molecular formula is C14H27NO. The van der Waals surface area contributed by atoms with E-state index < -0.39 is 5.60 Å². The van der Waals surface area contributed by atoms with E-state index in [-0.39, 0.29) is 6.04 Å². The molecule has 94 valence electrons. The van der Waals surface area contributed by atoms with Crippen molar-refractivity contribution in [2.45, 2.75) is 76.4 Å². The lowest BCUT2D eigenvalue weighted by molar-refractivity contribution is -0.0868. The Labute approximate surface area is 99.6 Å². The average molecular weight is 225 g/mol. The van der Waals surface area contributed by atoms with E-state index in [9.17, 15) is 5.11 Å². The lowest BCUT2D eigenvalue weighted by Gasteiger charge is -2.46. The van der Waals surface area contributed by atoms with Gasteiger partial charge in [0.05, 0.1) is 5.60 Å². The van der Waals surface area contributed by atoms with Gasteiger partial charge in [-0.05, 0) is 43.9 Å². The summed E-state index contributed by atoms with van der Waals surface area (Å²) in [7, 11) is 0. The van der Waals surface area contributed by atoms with Gasteiger partial charge in [-0.2, -0.15) is 0 Å². The van der Waals surface area contributed by atoms with Gasteiger partial charge in [0.25, 0.3) is 0 Å². The van der Waals surface area contributed by atoms with Gasteiger partial charge in [-0.25, -0.2) is 0 Å². The molecule has 2 heteroatoms. The molecule has 0 bridgehead atoms. The number of aliphatic hydroxyl groups is 1. The van der Waals surface area contributed by atoms with Crippen LogP contribution in [0.1, 0.15) is 64.7 Å². The van der Waals surface area contributed by atoms with Crippen molar-refractivity contribution in [2.75, 3.05) is 0 Å². The quantitative estimate of drug-likeness (QED) is 0.759. The fourth-order valence-electron chi connectivity index (χ4n) is 4.07. The lowest BCUT2D eigenvalue weighted by atomic mass is 9.64. The Balaban J connectivity index is 2.07. The van der Waals surface area contributed by atoms with Crippen molar-refractivity contribution in [3.63, 3.8) is 0 Å². The summed E-state index contributed by atoms with van der Waals surface area (Å²) in [6, 6.07) is 0.234. The molecule has 2 rings (SSSR count). The summed E-state index contributed by atoms with van der Waals surface area (Å²) in [5, 5.41) is 10.9. The maximum atomic E-state index is 10.9. The molecule has 0 aliphatic heterocycles. The van der Waals surface area contributed by atoms with Crippen LogP contribution in [-0.4, -0.2) is 16.7 Å². The zero-order chi connectivity index (χ0) is 11.6. The van der Waals surface area contributed by atoms with E-state index in [2.05, 4.69) is 6.92 Å². The third-order valence-corrected chi connectivity index (χ3v) is 4.92. The zero-order valence-electron chi connectivity index (χ0n) is 10.6. The molecular weight excluding hydrogens is 198 g/mol. The smallest absolute Gasteiger partial charge is 0.0693 e. The standard InChI is InChI=1S/C14H27NO/c1-2-11-6-3-4-8-13(11)14(16)9-5-7-12(15)10-14/h11-13,16H,2-10,15H2,1H3. The molecule has 0 spiro atoms. The van der Waals surface area contributed by atoms with Crippen LogP contribution in [0.5, 0.6) is 0 Å². The molecule has 0 aromatic carbocycles. The highest BCUT2D eigenvalue weighted by atomic mass is 16.3. The van der Waals surface area contributed by atoms with Crippen molar-refractivity contribution in [3.8, 4) is 0 Å². The molecule has 2 saturated carbocycles. The Morgan fingerprint density at radius 3 is 2.62 bits per heavy atom. The SMILES string of the molecule is CCC1CCCCC1C1(O)CCCC(N)C1. The molecule has 2 nitrogen and oxygen atoms in total. The molecule has 3 N–H and O–H groups in total. The van der Waals surface area contributed by atoms with Gasteiger partial charge in [-0.15, -0.1) is 0 Å². The van der Waals surface area contributed by atoms with Gasteiger partial charge in [0, 0.05) is 6.04 Å². The van der Waals surface area contributed by atoms with Crippen LogP contribution in [0.3, 0.4) is 0 Å². The highest BCUT2D eigenvalue weighted by Crippen LogP contribution is 2.45. The lowest BCUT2D eigenvalue weighted by Crippen LogP contribution is -2.49. The molecule has 4 unspecified atom stereocenters. The van der Waals surface area contributed by atoms with Crippen molar-refractivity contribution in [2.24, 2.45) is 17.6 Å². The van der Waals surface area contributed by atoms with Gasteiger partial charge in [0.1, 0.15) is 0 Å². The first-order valence-corrected chi connectivity index (χ1v) is 7.13. The minimum atomic E-state index is -0.432. The van der Waals surface area contributed by atoms with Crippen LogP contribution in [0.25, 0.3) is 0 Å². The second kappa shape index (κ2) is 5.05. The van der Waals surface area contributed by atoms with E-state index >= 15 is 0 Å². The second-order valence-corrected chi connectivity index (χ2v) is 6.02. The highest BCUT2D eigenvalue weighted by molar-refractivity contribution is 4.96. The van der Waals surface area contributed by atoms with Crippen molar-refractivity contribution >= 4 is 0 Å². The second-order valence-electron chi connectivity index (χ2n) is 6.02. The third kappa shape index (κ3) is 2.43. The molecule has 2 fully saturated rings. The maximum Gasteiger partial charge on any atom is 0.0693 e. The largest absolute Gasteiger partial charge is 0.390 e. The monoisotopic (exact) mass is 225 g/mol. The summed E-state index contributed by atoms with van der Waals surface area (Å²) >= 11 is 0. The summed E-state index contributed by atoms with van der Waals surface area (Å²) < 4.78 is 0. The average Bonchev–Trinajstić information content (AvgIpc) is 2.29. The minimum Gasteiger partial charge on any atom is -0.390 e. The molecule has 0 radical (unpaired) electrons. The molecule has 0 saturated heterocycles. The molecule has 4 atom stereocenters. The summed E-state index contributed by atoms with van der Waals surface area (Å²) in [5.41, 5.74) is 5.61. The Bertz CT molecular complexity index is 231. The van der Waals surface area contributed by atoms with Crippen molar-refractivity contribution in [3.05, 3.63) is 0 Å². The van der Waals surface area contributed by atoms with Crippen LogP contribution in [-0.2, 0) is 0 Å². The van der Waals surface area contributed by atoms with Gasteiger partial charge in [0.15, 0.2) is 0 Å². The first-order valence-electron chi connectivity index (χ1n) is 7.13. The molecule has 0 aromatic rings. The summed E-state index contributed by atoms with van der Waals surface area (Å²) in [6.07, 6.45) is 10.5. The molecule has 16 heavy (non-hydrogen) atoms. The molecule has 2 aliphatic rings. The zero-order valence-corrected chi connectivity index (χ0v) is 10.6. The van der Waals surface area contributed by atoms with E-state index in [4.69, 9.17) is 5.73 Å². The number of nitrogens with two attached hydrogens (primary N) is 1. The van der Waals surface area contributed by atoms with Crippen molar-refractivity contribution in [1.82, 2.24) is 0 Å². The first kappa shape index (κ1) is 12.4. The van der Waals surface area contributed by atoms with E-state index in [1.807, 2.05) is 0 Å². The topological polar surface area (TPSA) is 46.2 Å². The highest BCUT2D eigenvalue weighted by Gasteiger charge is 2.43. The predicted molar refractivity (Wildman–Crippen MR) is 67.1 cm³/mol. The number of hydrogen-bond acceptors (Lipinski definition) is 2. The van der Waals surface area contributed by atoms with Crippen LogP contribution in [0.2, 0.25) is 0 Å². The molecule has 0 amide bonds. The number of hydrogen-bond donors (Lipinski definition) is 2. The maximum absolute atomic E-state index is 10.9. The van der Waals surface area contributed by atoms with Gasteiger partial charge in [-0.1, -0.05) is 32.6 Å². The molecule has 0 heterocycles. The first-order chi connectivity index (χ1) is 7.65. The minimum absolute atomic E-state index is 0.234.